The van der Waals surface area contributed by atoms with Crippen LogP contribution in [0.1, 0.15) is 35.6 Å². The SMILES string of the molecule is CCC(=O)Nc1ccc(C)c(NC(=O)N(C)CC(=O)Nc2c(C)cc(C)cc2C)c1. The molecule has 7 nitrogen and oxygen atoms in total. The first kappa shape index (κ1) is 22.9. The third-order valence-electron chi connectivity index (χ3n) is 4.75. The van der Waals surface area contributed by atoms with E-state index in [9.17, 15) is 14.4 Å². The number of amides is 4. The number of hydrogen-bond acceptors (Lipinski definition) is 3. The van der Waals surface area contributed by atoms with Gasteiger partial charge in [-0.25, -0.2) is 4.79 Å². The van der Waals surface area contributed by atoms with Crippen molar-refractivity contribution in [3.63, 3.8) is 0 Å². The van der Waals surface area contributed by atoms with Crippen LogP contribution in [0, 0.1) is 27.7 Å². The number of anilines is 3. The normalized spacial score (nSPS) is 10.3. The largest absolute Gasteiger partial charge is 0.326 e. The van der Waals surface area contributed by atoms with Gasteiger partial charge in [0, 0.05) is 30.5 Å². The molecule has 0 saturated carbocycles. The maximum atomic E-state index is 12.6. The fraction of sp³-hybridized carbons (Fsp3) is 0.348. The summed E-state index contributed by atoms with van der Waals surface area (Å²) in [6.07, 6.45) is 0.368. The Morgan fingerprint density at radius 3 is 2.07 bits per heavy atom. The van der Waals surface area contributed by atoms with E-state index in [1.165, 1.54) is 4.90 Å². The van der Waals surface area contributed by atoms with E-state index in [2.05, 4.69) is 16.0 Å². The molecule has 0 unspecified atom stereocenters. The van der Waals surface area contributed by atoms with E-state index >= 15 is 0 Å². The molecule has 0 aliphatic rings. The highest BCUT2D eigenvalue weighted by atomic mass is 16.2. The molecule has 0 spiro atoms. The van der Waals surface area contributed by atoms with Gasteiger partial charge in [0.15, 0.2) is 0 Å². The van der Waals surface area contributed by atoms with Gasteiger partial charge >= 0.3 is 6.03 Å². The van der Waals surface area contributed by atoms with Crippen molar-refractivity contribution >= 4 is 34.9 Å². The lowest BCUT2D eigenvalue weighted by molar-refractivity contribution is -0.117. The summed E-state index contributed by atoms with van der Waals surface area (Å²) in [5.74, 6) is -0.380. The van der Waals surface area contributed by atoms with Crippen molar-refractivity contribution in [3.05, 3.63) is 52.6 Å². The molecule has 160 valence electrons. The summed E-state index contributed by atoms with van der Waals surface area (Å²) in [6, 6.07) is 8.90. The quantitative estimate of drug-likeness (QED) is 0.660. The third-order valence-corrected chi connectivity index (χ3v) is 4.75. The Morgan fingerprint density at radius 2 is 1.47 bits per heavy atom. The van der Waals surface area contributed by atoms with Gasteiger partial charge in [0.2, 0.25) is 11.8 Å². The molecule has 4 amide bonds. The maximum Gasteiger partial charge on any atom is 0.322 e. The number of aryl methyl sites for hydroxylation is 4. The molecule has 3 N–H and O–H groups in total. The summed E-state index contributed by atoms with van der Waals surface area (Å²) in [5, 5.41) is 8.46. The minimum atomic E-state index is -0.412. The number of hydrogen-bond donors (Lipinski definition) is 3. The Morgan fingerprint density at radius 1 is 0.833 bits per heavy atom. The summed E-state index contributed by atoms with van der Waals surface area (Å²) >= 11 is 0. The van der Waals surface area contributed by atoms with Crippen LogP contribution in [0.3, 0.4) is 0 Å². The molecule has 0 bridgehead atoms. The number of urea groups is 1. The van der Waals surface area contributed by atoms with Crippen molar-refractivity contribution in [3.8, 4) is 0 Å². The second-order valence-electron chi connectivity index (χ2n) is 7.54. The Balaban J connectivity index is 2.02. The molecule has 2 aromatic carbocycles. The predicted octanol–water partition coefficient (Wildman–Crippen LogP) is 4.37. The fourth-order valence-corrected chi connectivity index (χ4v) is 3.14. The highest BCUT2D eigenvalue weighted by Crippen LogP contribution is 2.22. The molecule has 0 radical (unpaired) electrons. The maximum absolute atomic E-state index is 12.6. The number of carbonyl (C=O) groups is 3. The van der Waals surface area contributed by atoms with E-state index in [0.29, 0.717) is 17.8 Å². The third kappa shape index (κ3) is 6.07. The van der Waals surface area contributed by atoms with Crippen LogP contribution in [-0.4, -0.2) is 36.3 Å². The van der Waals surface area contributed by atoms with Gasteiger partial charge in [-0.15, -0.1) is 0 Å². The van der Waals surface area contributed by atoms with E-state index in [-0.39, 0.29) is 18.4 Å². The molecular weight excluding hydrogens is 380 g/mol. The zero-order valence-electron chi connectivity index (χ0n) is 18.5. The summed E-state index contributed by atoms with van der Waals surface area (Å²) < 4.78 is 0. The number of carbonyl (C=O) groups excluding carboxylic acids is 3. The molecule has 2 aromatic rings. The topological polar surface area (TPSA) is 90.5 Å². The van der Waals surface area contributed by atoms with Crippen LogP contribution in [0.25, 0.3) is 0 Å². The van der Waals surface area contributed by atoms with Crippen LogP contribution in [0.5, 0.6) is 0 Å². The lowest BCUT2D eigenvalue weighted by Gasteiger charge is -2.20. The average Bonchev–Trinajstić information content (AvgIpc) is 2.67. The second-order valence-corrected chi connectivity index (χ2v) is 7.54. The number of nitrogens with one attached hydrogen (secondary N) is 3. The molecule has 30 heavy (non-hydrogen) atoms. The van der Waals surface area contributed by atoms with E-state index in [4.69, 9.17) is 0 Å². The van der Waals surface area contributed by atoms with Gasteiger partial charge in [0.1, 0.15) is 6.54 Å². The lowest BCUT2D eigenvalue weighted by Crippen LogP contribution is -2.38. The molecule has 0 heterocycles. The standard InChI is InChI=1S/C23H30N4O3/c1-7-20(28)24-18-9-8-15(3)19(12-18)25-23(30)27(6)13-21(29)26-22-16(4)10-14(2)11-17(22)5/h8-12H,7,13H2,1-6H3,(H,24,28)(H,25,30)(H,26,29). The zero-order chi connectivity index (χ0) is 22.4. The van der Waals surface area contributed by atoms with Gasteiger partial charge in [0.05, 0.1) is 0 Å². The van der Waals surface area contributed by atoms with Crippen molar-refractivity contribution in [1.82, 2.24) is 4.90 Å². The molecule has 7 heteroatoms. The Hall–Kier alpha value is -3.35. The zero-order valence-corrected chi connectivity index (χ0v) is 18.5. The lowest BCUT2D eigenvalue weighted by atomic mass is 10.1. The number of benzene rings is 2. The van der Waals surface area contributed by atoms with E-state index in [0.717, 1.165) is 27.9 Å². The van der Waals surface area contributed by atoms with Gasteiger partial charge in [-0.1, -0.05) is 30.7 Å². The van der Waals surface area contributed by atoms with Crippen LogP contribution in [0.4, 0.5) is 21.9 Å². The average molecular weight is 411 g/mol. The minimum absolute atomic E-state index is 0.0934. The van der Waals surface area contributed by atoms with Crippen molar-refractivity contribution in [2.45, 2.75) is 41.0 Å². The van der Waals surface area contributed by atoms with Crippen LogP contribution in [0.2, 0.25) is 0 Å². The van der Waals surface area contributed by atoms with Crippen molar-refractivity contribution in [1.29, 1.82) is 0 Å². The summed E-state index contributed by atoms with van der Waals surface area (Å²) in [7, 11) is 1.56. The first-order chi connectivity index (χ1) is 14.1. The Bertz CT molecular complexity index is 946. The molecule has 0 fully saturated rings. The summed E-state index contributed by atoms with van der Waals surface area (Å²) in [5.41, 5.74) is 5.90. The van der Waals surface area contributed by atoms with E-state index in [1.807, 2.05) is 45.9 Å². The van der Waals surface area contributed by atoms with Crippen LogP contribution in [-0.2, 0) is 9.59 Å². The molecule has 2 rings (SSSR count). The number of likely N-dealkylation sites (N-methyl/N-ethyl adjacent to an activating group) is 1. The first-order valence-electron chi connectivity index (χ1n) is 9.91. The van der Waals surface area contributed by atoms with Crippen LogP contribution < -0.4 is 16.0 Å². The van der Waals surface area contributed by atoms with Gasteiger partial charge in [-0.2, -0.15) is 0 Å². The predicted molar refractivity (Wildman–Crippen MR) is 121 cm³/mol. The Labute approximate surface area is 177 Å². The minimum Gasteiger partial charge on any atom is -0.326 e. The van der Waals surface area contributed by atoms with E-state index < -0.39 is 6.03 Å². The highest BCUT2D eigenvalue weighted by molar-refractivity contribution is 5.98. The van der Waals surface area contributed by atoms with Crippen molar-refractivity contribution < 1.29 is 14.4 Å². The van der Waals surface area contributed by atoms with Crippen molar-refractivity contribution in [2.75, 3.05) is 29.5 Å². The van der Waals surface area contributed by atoms with E-state index in [1.54, 1.807) is 26.1 Å². The number of rotatable bonds is 6. The number of nitrogens with zero attached hydrogens (tertiary/aromatic N) is 1. The molecule has 0 atom stereocenters. The van der Waals surface area contributed by atoms with Gasteiger partial charge in [-0.05, 0) is 56.5 Å². The second kappa shape index (κ2) is 9.91. The van der Waals surface area contributed by atoms with Crippen LogP contribution >= 0.6 is 0 Å². The molecule has 0 aliphatic carbocycles. The fourth-order valence-electron chi connectivity index (χ4n) is 3.14. The summed E-state index contributed by atoms with van der Waals surface area (Å²) in [4.78, 5) is 37.9. The molecular formula is C23H30N4O3. The van der Waals surface area contributed by atoms with Gasteiger partial charge in [-0.3, -0.25) is 9.59 Å². The molecule has 0 saturated heterocycles. The van der Waals surface area contributed by atoms with Crippen LogP contribution in [0.15, 0.2) is 30.3 Å². The molecule has 0 aromatic heterocycles. The molecule has 0 aliphatic heterocycles. The monoisotopic (exact) mass is 410 g/mol. The summed E-state index contributed by atoms with van der Waals surface area (Å²) in [6.45, 7) is 9.43. The first-order valence-corrected chi connectivity index (χ1v) is 9.91. The highest BCUT2D eigenvalue weighted by Gasteiger charge is 2.16. The van der Waals surface area contributed by atoms with Gasteiger partial charge in [0.25, 0.3) is 0 Å². The Kier molecular flexibility index (Phi) is 7.58. The smallest absolute Gasteiger partial charge is 0.322 e. The van der Waals surface area contributed by atoms with Gasteiger partial charge < -0.3 is 20.9 Å². The van der Waals surface area contributed by atoms with Crippen molar-refractivity contribution in [2.24, 2.45) is 0 Å².